The number of nitrogens with zero attached hydrogens (tertiary/aromatic N) is 1. The van der Waals surface area contributed by atoms with Crippen LogP contribution in [0.4, 0.5) is 0 Å². The average Bonchev–Trinajstić information content (AvgIpc) is 2.67. The van der Waals surface area contributed by atoms with Crippen molar-refractivity contribution in [2.24, 2.45) is 0 Å². The zero-order valence-electron chi connectivity index (χ0n) is 13.0. The Morgan fingerprint density at radius 2 is 1.95 bits per heavy atom. The first-order valence-electron chi connectivity index (χ1n) is 7.02. The Morgan fingerprint density at radius 1 is 1.30 bits per heavy atom. The van der Waals surface area contributed by atoms with Crippen molar-refractivity contribution in [2.75, 3.05) is 6.54 Å². The molecule has 0 aliphatic carbocycles. The Kier molecular flexibility index (Phi) is 5.73. The molecule has 7 heteroatoms. The van der Waals surface area contributed by atoms with E-state index >= 15 is 0 Å². The molecule has 0 aromatic carbocycles. The van der Waals surface area contributed by atoms with E-state index in [9.17, 15) is 8.42 Å². The molecule has 0 bridgehead atoms. The molecule has 116 valence electrons. The highest BCUT2D eigenvalue weighted by atomic mass is 32.2. The van der Waals surface area contributed by atoms with Crippen LogP contribution in [0.2, 0.25) is 0 Å². The lowest BCUT2D eigenvalue weighted by atomic mass is 10.0. The fourth-order valence-electron chi connectivity index (χ4n) is 2.20. The van der Waals surface area contributed by atoms with Gasteiger partial charge in [0, 0.05) is 23.3 Å². The minimum absolute atomic E-state index is 0.0973. The highest BCUT2D eigenvalue weighted by Gasteiger charge is 2.29. The third-order valence-electron chi connectivity index (χ3n) is 3.13. The summed E-state index contributed by atoms with van der Waals surface area (Å²) >= 11 is 0. The van der Waals surface area contributed by atoms with Crippen LogP contribution in [0.3, 0.4) is 0 Å². The number of hydrogen-bond acceptors (Lipinski definition) is 4. The minimum Gasteiger partial charge on any atom is -0.313 e. The zero-order chi connectivity index (χ0) is 15.4. The number of rotatable bonds is 8. The summed E-state index contributed by atoms with van der Waals surface area (Å²) in [6.07, 6.45) is 1.69. The van der Waals surface area contributed by atoms with Gasteiger partial charge in [0.1, 0.15) is 0 Å². The molecule has 0 radical (unpaired) electrons. The quantitative estimate of drug-likeness (QED) is 0.682. The van der Waals surface area contributed by atoms with Gasteiger partial charge in [-0.1, -0.05) is 20.3 Å². The number of aromatic nitrogens is 2. The van der Waals surface area contributed by atoms with Gasteiger partial charge in [0.25, 0.3) is 10.0 Å². The monoisotopic (exact) mass is 302 g/mol. The van der Waals surface area contributed by atoms with Crippen LogP contribution in [0.25, 0.3) is 0 Å². The molecule has 0 aliphatic rings. The second kappa shape index (κ2) is 6.69. The molecule has 0 saturated carbocycles. The van der Waals surface area contributed by atoms with E-state index in [2.05, 4.69) is 20.2 Å². The molecule has 0 aliphatic heterocycles. The van der Waals surface area contributed by atoms with Gasteiger partial charge in [-0.3, -0.25) is 5.10 Å². The van der Waals surface area contributed by atoms with Gasteiger partial charge >= 0.3 is 0 Å². The number of aryl methyl sites for hydroxylation is 1. The summed E-state index contributed by atoms with van der Waals surface area (Å²) < 4.78 is 27.7. The van der Waals surface area contributed by atoms with E-state index in [1.807, 2.05) is 34.6 Å². The van der Waals surface area contributed by atoms with Crippen molar-refractivity contribution in [3.63, 3.8) is 0 Å². The zero-order valence-corrected chi connectivity index (χ0v) is 13.8. The Labute approximate surface area is 121 Å². The molecular formula is C13H26N4O2S. The van der Waals surface area contributed by atoms with E-state index in [1.165, 1.54) is 0 Å². The van der Waals surface area contributed by atoms with Crippen LogP contribution < -0.4 is 10.0 Å². The fourth-order valence-corrected chi connectivity index (χ4v) is 3.84. The predicted molar refractivity (Wildman–Crippen MR) is 80.0 cm³/mol. The van der Waals surface area contributed by atoms with Crippen molar-refractivity contribution in [3.05, 3.63) is 11.3 Å². The average molecular weight is 302 g/mol. The molecule has 0 atom stereocenters. The Hall–Kier alpha value is -0.920. The molecule has 0 saturated heterocycles. The molecular weight excluding hydrogens is 276 g/mol. The van der Waals surface area contributed by atoms with E-state index < -0.39 is 15.6 Å². The molecule has 1 aromatic heterocycles. The largest absolute Gasteiger partial charge is 0.313 e. The smallest absolute Gasteiger partial charge is 0.260 e. The van der Waals surface area contributed by atoms with Crippen LogP contribution in [0.1, 0.15) is 51.8 Å². The van der Waals surface area contributed by atoms with E-state index in [0.717, 1.165) is 25.1 Å². The van der Waals surface area contributed by atoms with Gasteiger partial charge in [-0.05, 0) is 33.7 Å². The summed E-state index contributed by atoms with van der Waals surface area (Å²) in [5, 5.41) is 9.97. The van der Waals surface area contributed by atoms with E-state index in [4.69, 9.17) is 0 Å². The van der Waals surface area contributed by atoms with Crippen molar-refractivity contribution in [1.82, 2.24) is 20.2 Å². The van der Waals surface area contributed by atoms with Gasteiger partial charge in [0.2, 0.25) is 0 Å². The second-order valence-corrected chi connectivity index (χ2v) is 7.25. The molecule has 0 fully saturated rings. The minimum atomic E-state index is -3.61. The first kappa shape index (κ1) is 17.1. The Balaban J connectivity index is 3.04. The van der Waals surface area contributed by atoms with Gasteiger partial charge in [-0.2, -0.15) is 5.10 Å². The molecule has 0 spiro atoms. The van der Waals surface area contributed by atoms with Crippen LogP contribution in [-0.2, 0) is 16.6 Å². The number of hydrogen-bond donors (Lipinski definition) is 3. The van der Waals surface area contributed by atoms with Gasteiger partial charge < -0.3 is 5.32 Å². The SMILES string of the molecule is CCCC(C)(C)NS(=O)(=O)c1n[nH]c(C)c1CNCC. The highest BCUT2D eigenvalue weighted by molar-refractivity contribution is 7.89. The van der Waals surface area contributed by atoms with Crippen LogP contribution >= 0.6 is 0 Å². The van der Waals surface area contributed by atoms with E-state index in [0.29, 0.717) is 12.1 Å². The summed E-state index contributed by atoms with van der Waals surface area (Å²) in [4.78, 5) is 0. The summed E-state index contributed by atoms with van der Waals surface area (Å²) in [6.45, 7) is 10.9. The Bertz CT molecular complexity index is 535. The molecule has 20 heavy (non-hydrogen) atoms. The lowest BCUT2D eigenvalue weighted by Crippen LogP contribution is -2.43. The second-order valence-electron chi connectivity index (χ2n) is 5.65. The predicted octanol–water partition coefficient (Wildman–Crippen LogP) is 1.68. The van der Waals surface area contributed by atoms with E-state index in [-0.39, 0.29) is 5.03 Å². The van der Waals surface area contributed by atoms with Crippen molar-refractivity contribution in [2.45, 2.75) is 64.6 Å². The fraction of sp³-hybridized carbons (Fsp3) is 0.769. The number of nitrogens with one attached hydrogen (secondary N) is 3. The molecule has 3 N–H and O–H groups in total. The van der Waals surface area contributed by atoms with Crippen molar-refractivity contribution >= 4 is 10.0 Å². The molecule has 1 rings (SSSR count). The number of H-pyrrole nitrogens is 1. The first-order valence-corrected chi connectivity index (χ1v) is 8.50. The number of aromatic amines is 1. The summed E-state index contributed by atoms with van der Waals surface area (Å²) in [7, 11) is -3.61. The van der Waals surface area contributed by atoms with Gasteiger partial charge in [-0.15, -0.1) is 0 Å². The summed E-state index contributed by atoms with van der Waals surface area (Å²) in [5.74, 6) is 0. The molecule has 0 amide bonds. The van der Waals surface area contributed by atoms with Crippen molar-refractivity contribution in [1.29, 1.82) is 0 Å². The maximum absolute atomic E-state index is 12.5. The van der Waals surface area contributed by atoms with Gasteiger partial charge in [0.15, 0.2) is 5.03 Å². The number of sulfonamides is 1. The van der Waals surface area contributed by atoms with Crippen molar-refractivity contribution in [3.8, 4) is 0 Å². The topological polar surface area (TPSA) is 86.9 Å². The Morgan fingerprint density at radius 3 is 2.50 bits per heavy atom. The summed E-state index contributed by atoms with van der Waals surface area (Å²) in [5.41, 5.74) is 1.00. The standard InChI is InChI=1S/C13H26N4O2S/c1-6-8-13(4,5)17-20(18,19)12-11(9-14-7-2)10(3)15-16-12/h14,17H,6-9H2,1-5H3,(H,15,16). The van der Waals surface area contributed by atoms with E-state index in [1.54, 1.807) is 0 Å². The maximum atomic E-state index is 12.5. The maximum Gasteiger partial charge on any atom is 0.260 e. The van der Waals surface area contributed by atoms with Gasteiger partial charge in [-0.25, -0.2) is 13.1 Å². The van der Waals surface area contributed by atoms with Crippen molar-refractivity contribution < 1.29 is 8.42 Å². The van der Waals surface area contributed by atoms with Crippen LogP contribution in [0.15, 0.2) is 5.03 Å². The lowest BCUT2D eigenvalue weighted by molar-refractivity contribution is 0.416. The molecule has 1 heterocycles. The highest BCUT2D eigenvalue weighted by Crippen LogP contribution is 2.20. The van der Waals surface area contributed by atoms with Crippen LogP contribution in [0.5, 0.6) is 0 Å². The third kappa shape index (κ3) is 4.29. The summed E-state index contributed by atoms with van der Waals surface area (Å²) in [6, 6.07) is 0. The lowest BCUT2D eigenvalue weighted by Gasteiger charge is -2.25. The molecule has 1 aromatic rings. The van der Waals surface area contributed by atoms with Crippen LogP contribution in [0, 0.1) is 6.92 Å². The van der Waals surface area contributed by atoms with Crippen LogP contribution in [-0.4, -0.2) is 30.7 Å². The molecule has 6 nitrogen and oxygen atoms in total. The normalized spacial score (nSPS) is 12.8. The molecule has 0 unspecified atom stereocenters. The third-order valence-corrected chi connectivity index (χ3v) is 4.80. The van der Waals surface area contributed by atoms with Gasteiger partial charge in [0.05, 0.1) is 0 Å². The first-order chi connectivity index (χ1) is 9.23.